The summed E-state index contributed by atoms with van der Waals surface area (Å²) in [6.07, 6.45) is -0.363. The number of nitrogens with zero attached hydrogens (tertiary/aromatic N) is 1. The number of carbonyl (C=O) groups excluding carboxylic acids is 1. The third-order valence-electron chi connectivity index (χ3n) is 3.22. The number of amides is 1. The van der Waals surface area contributed by atoms with E-state index in [1.54, 1.807) is 30.3 Å². The summed E-state index contributed by atoms with van der Waals surface area (Å²) in [7, 11) is -3.28. The largest absolute Gasteiger partial charge is 0.481 e. The maximum atomic E-state index is 12.3. The number of hydrogen-bond donors (Lipinski definition) is 1. The van der Waals surface area contributed by atoms with Crippen molar-refractivity contribution >= 4 is 21.7 Å². The summed E-state index contributed by atoms with van der Waals surface area (Å²) in [6.45, 7) is 0.0357. The Kier molecular flexibility index (Phi) is 4.08. The number of aliphatic carboxylic acids is 1. The van der Waals surface area contributed by atoms with Crippen molar-refractivity contribution in [1.82, 2.24) is 4.90 Å². The molecule has 0 aromatic heterocycles. The smallest absolute Gasteiger partial charge is 0.305 e. The maximum Gasteiger partial charge on any atom is 0.305 e. The molecule has 20 heavy (non-hydrogen) atoms. The molecule has 1 fully saturated rings. The van der Waals surface area contributed by atoms with Gasteiger partial charge < -0.3 is 10.0 Å². The molecule has 1 N–H and O–H groups in total. The third kappa shape index (κ3) is 3.36. The first-order valence-corrected chi connectivity index (χ1v) is 7.99. The molecule has 1 aliphatic heterocycles. The molecule has 6 nitrogen and oxygen atoms in total. The lowest BCUT2D eigenvalue weighted by Gasteiger charge is -2.34. The van der Waals surface area contributed by atoms with Crippen LogP contribution in [-0.2, 0) is 14.6 Å². The minimum atomic E-state index is -3.28. The molecular weight excluding hydrogens is 282 g/mol. The zero-order valence-electron chi connectivity index (χ0n) is 10.7. The fourth-order valence-electron chi connectivity index (χ4n) is 2.27. The lowest BCUT2D eigenvalue weighted by atomic mass is 10.1. The van der Waals surface area contributed by atoms with Gasteiger partial charge in [-0.3, -0.25) is 9.59 Å². The van der Waals surface area contributed by atoms with E-state index in [0.29, 0.717) is 5.56 Å². The minimum Gasteiger partial charge on any atom is -0.481 e. The number of carboxylic acid groups (broad SMARTS) is 1. The van der Waals surface area contributed by atoms with Crippen LogP contribution < -0.4 is 0 Å². The molecular formula is C13H15NO5S. The Hall–Kier alpha value is -1.89. The highest BCUT2D eigenvalue weighted by Crippen LogP contribution is 2.18. The Morgan fingerprint density at radius 3 is 2.50 bits per heavy atom. The van der Waals surface area contributed by atoms with Crippen molar-refractivity contribution in [2.75, 3.05) is 18.1 Å². The average Bonchev–Trinajstić information content (AvgIpc) is 2.37. The van der Waals surface area contributed by atoms with Crippen molar-refractivity contribution in [3.63, 3.8) is 0 Å². The van der Waals surface area contributed by atoms with E-state index in [4.69, 9.17) is 5.11 Å². The molecule has 1 saturated heterocycles. The fraction of sp³-hybridized carbons (Fsp3) is 0.385. The van der Waals surface area contributed by atoms with E-state index < -0.39 is 21.8 Å². The molecule has 1 amide bonds. The SMILES string of the molecule is O=C(O)CC1CS(=O)(=O)CCN1C(=O)c1ccccc1. The van der Waals surface area contributed by atoms with Crippen LogP contribution in [0, 0.1) is 0 Å². The summed E-state index contributed by atoms with van der Waals surface area (Å²) in [4.78, 5) is 24.5. The summed E-state index contributed by atoms with van der Waals surface area (Å²) < 4.78 is 23.2. The average molecular weight is 297 g/mol. The van der Waals surface area contributed by atoms with Crippen molar-refractivity contribution in [2.24, 2.45) is 0 Å². The van der Waals surface area contributed by atoms with E-state index in [9.17, 15) is 18.0 Å². The first kappa shape index (κ1) is 14.5. The number of sulfone groups is 1. The molecule has 1 aromatic rings. The monoisotopic (exact) mass is 297 g/mol. The second-order valence-electron chi connectivity index (χ2n) is 4.73. The van der Waals surface area contributed by atoms with E-state index in [-0.39, 0.29) is 30.4 Å². The van der Waals surface area contributed by atoms with Gasteiger partial charge in [-0.1, -0.05) is 18.2 Å². The zero-order chi connectivity index (χ0) is 14.8. The molecule has 7 heteroatoms. The Bertz CT molecular complexity index is 611. The second-order valence-corrected chi connectivity index (χ2v) is 6.96. The van der Waals surface area contributed by atoms with Gasteiger partial charge in [0.1, 0.15) is 0 Å². The maximum absolute atomic E-state index is 12.3. The van der Waals surface area contributed by atoms with Crippen LogP contribution in [0.1, 0.15) is 16.8 Å². The van der Waals surface area contributed by atoms with Gasteiger partial charge in [0.25, 0.3) is 5.91 Å². The van der Waals surface area contributed by atoms with Gasteiger partial charge in [0.15, 0.2) is 9.84 Å². The molecule has 0 saturated carbocycles. The van der Waals surface area contributed by atoms with Crippen LogP contribution in [0.25, 0.3) is 0 Å². The Morgan fingerprint density at radius 1 is 1.25 bits per heavy atom. The van der Waals surface area contributed by atoms with Crippen molar-refractivity contribution in [3.05, 3.63) is 35.9 Å². The van der Waals surface area contributed by atoms with Crippen LogP contribution in [0.2, 0.25) is 0 Å². The Labute approximate surface area is 116 Å². The van der Waals surface area contributed by atoms with Crippen molar-refractivity contribution in [1.29, 1.82) is 0 Å². The van der Waals surface area contributed by atoms with Crippen molar-refractivity contribution in [2.45, 2.75) is 12.5 Å². The van der Waals surface area contributed by atoms with Crippen molar-refractivity contribution in [3.8, 4) is 0 Å². The van der Waals surface area contributed by atoms with E-state index in [0.717, 1.165) is 0 Å². The summed E-state index contributed by atoms with van der Waals surface area (Å²) in [5.74, 6) is -1.86. The molecule has 1 unspecified atom stereocenters. The van der Waals surface area contributed by atoms with Gasteiger partial charge in [-0.25, -0.2) is 8.42 Å². The molecule has 0 aliphatic carbocycles. The van der Waals surface area contributed by atoms with Crippen LogP contribution in [-0.4, -0.2) is 54.4 Å². The molecule has 1 atom stereocenters. The topological polar surface area (TPSA) is 91.8 Å². The highest BCUT2D eigenvalue weighted by atomic mass is 32.2. The first-order valence-electron chi connectivity index (χ1n) is 6.17. The molecule has 0 radical (unpaired) electrons. The van der Waals surface area contributed by atoms with E-state index >= 15 is 0 Å². The van der Waals surface area contributed by atoms with Gasteiger partial charge in [-0.2, -0.15) is 0 Å². The predicted molar refractivity (Wildman–Crippen MR) is 72.2 cm³/mol. The molecule has 2 rings (SSSR count). The number of benzene rings is 1. The summed E-state index contributed by atoms with van der Waals surface area (Å²) >= 11 is 0. The highest BCUT2D eigenvalue weighted by Gasteiger charge is 2.35. The third-order valence-corrected chi connectivity index (χ3v) is 4.92. The first-order chi connectivity index (χ1) is 9.39. The standard InChI is InChI=1S/C13H15NO5S/c15-12(16)8-11-9-20(18,19)7-6-14(11)13(17)10-4-2-1-3-5-10/h1-5,11H,6-9H2,(H,15,16). The molecule has 1 aliphatic rings. The normalized spacial score (nSPS) is 21.4. The van der Waals surface area contributed by atoms with Crippen LogP contribution in [0.3, 0.4) is 0 Å². The van der Waals surface area contributed by atoms with Crippen molar-refractivity contribution < 1.29 is 23.1 Å². The second kappa shape index (κ2) is 5.62. The number of carbonyl (C=O) groups is 2. The number of hydrogen-bond acceptors (Lipinski definition) is 4. The number of rotatable bonds is 3. The zero-order valence-corrected chi connectivity index (χ0v) is 11.5. The summed E-state index contributed by atoms with van der Waals surface area (Å²) in [5.41, 5.74) is 0.433. The fourth-order valence-corrected chi connectivity index (χ4v) is 3.80. The highest BCUT2D eigenvalue weighted by molar-refractivity contribution is 7.91. The minimum absolute atomic E-state index is 0.0357. The summed E-state index contributed by atoms with van der Waals surface area (Å²) in [6, 6.07) is 7.64. The lowest BCUT2D eigenvalue weighted by Crippen LogP contribution is -2.51. The van der Waals surface area contributed by atoms with Gasteiger partial charge in [0, 0.05) is 12.1 Å². The van der Waals surface area contributed by atoms with E-state index in [1.165, 1.54) is 4.90 Å². The molecule has 1 heterocycles. The van der Waals surface area contributed by atoms with Crippen LogP contribution in [0.4, 0.5) is 0 Å². The molecule has 1 aromatic carbocycles. The van der Waals surface area contributed by atoms with Gasteiger partial charge in [0.05, 0.1) is 24.0 Å². The van der Waals surface area contributed by atoms with Crippen LogP contribution in [0.5, 0.6) is 0 Å². The Morgan fingerprint density at radius 2 is 1.90 bits per heavy atom. The van der Waals surface area contributed by atoms with Crippen LogP contribution in [0.15, 0.2) is 30.3 Å². The summed E-state index contributed by atoms with van der Waals surface area (Å²) in [5, 5.41) is 8.87. The van der Waals surface area contributed by atoms with Gasteiger partial charge in [-0.15, -0.1) is 0 Å². The predicted octanol–water partition coefficient (Wildman–Crippen LogP) is 0.401. The van der Waals surface area contributed by atoms with Crippen LogP contribution >= 0.6 is 0 Å². The Balaban J connectivity index is 2.24. The quantitative estimate of drug-likeness (QED) is 0.872. The van der Waals surface area contributed by atoms with Gasteiger partial charge in [-0.05, 0) is 12.1 Å². The number of carboxylic acids is 1. The lowest BCUT2D eigenvalue weighted by molar-refractivity contribution is -0.138. The van der Waals surface area contributed by atoms with E-state index in [1.807, 2.05) is 0 Å². The molecule has 0 spiro atoms. The molecule has 0 bridgehead atoms. The molecule has 108 valence electrons. The van der Waals surface area contributed by atoms with Gasteiger partial charge >= 0.3 is 5.97 Å². The van der Waals surface area contributed by atoms with E-state index in [2.05, 4.69) is 0 Å². The van der Waals surface area contributed by atoms with Gasteiger partial charge in [0.2, 0.25) is 0 Å².